The summed E-state index contributed by atoms with van der Waals surface area (Å²) in [6.45, 7) is 7.20. The van der Waals surface area contributed by atoms with Gasteiger partial charge in [-0.05, 0) is 49.6 Å². The highest BCUT2D eigenvalue weighted by molar-refractivity contribution is 7.09. The van der Waals surface area contributed by atoms with Crippen LogP contribution >= 0.6 is 11.3 Å². The summed E-state index contributed by atoms with van der Waals surface area (Å²) in [5.74, 6) is -0.568. The van der Waals surface area contributed by atoms with E-state index in [0.29, 0.717) is 43.2 Å². The first-order valence-electron chi connectivity index (χ1n) is 9.65. The first kappa shape index (κ1) is 19.7. The van der Waals surface area contributed by atoms with Crippen molar-refractivity contribution in [3.8, 4) is 0 Å². The number of aromatic nitrogens is 1. The Balaban J connectivity index is 1.50. The van der Waals surface area contributed by atoms with Gasteiger partial charge in [-0.25, -0.2) is 4.39 Å². The van der Waals surface area contributed by atoms with E-state index in [9.17, 15) is 9.18 Å². The van der Waals surface area contributed by atoms with Gasteiger partial charge in [-0.3, -0.25) is 4.79 Å². The molecule has 7 heteroatoms. The number of morpholine rings is 1. The second-order valence-corrected chi connectivity index (χ2v) is 8.20. The van der Waals surface area contributed by atoms with Crippen molar-refractivity contribution in [2.75, 3.05) is 36.5 Å². The van der Waals surface area contributed by atoms with Crippen molar-refractivity contribution in [2.24, 2.45) is 0 Å². The summed E-state index contributed by atoms with van der Waals surface area (Å²) in [4.78, 5) is 16.0. The molecule has 29 heavy (non-hydrogen) atoms. The topological polar surface area (TPSA) is 46.5 Å². The Morgan fingerprint density at radius 2 is 2.00 bits per heavy atom. The molecule has 0 spiro atoms. The Labute approximate surface area is 173 Å². The summed E-state index contributed by atoms with van der Waals surface area (Å²) >= 11 is 1.70. The average molecular weight is 414 g/mol. The van der Waals surface area contributed by atoms with Crippen molar-refractivity contribution < 1.29 is 13.9 Å². The molecule has 0 saturated carbocycles. The van der Waals surface area contributed by atoms with Crippen LogP contribution in [0.2, 0.25) is 0 Å². The fraction of sp³-hybridized carbons (Fsp3) is 0.318. The number of amides is 1. The van der Waals surface area contributed by atoms with E-state index in [1.807, 2.05) is 36.3 Å². The quantitative estimate of drug-likeness (QED) is 0.673. The fourth-order valence-electron chi connectivity index (χ4n) is 3.68. The van der Waals surface area contributed by atoms with Crippen LogP contribution in [-0.4, -0.2) is 36.8 Å². The van der Waals surface area contributed by atoms with Gasteiger partial charge in [0.1, 0.15) is 5.82 Å². The Morgan fingerprint density at radius 3 is 2.69 bits per heavy atom. The molecule has 5 nitrogen and oxygen atoms in total. The number of aryl methyl sites for hydroxylation is 1. The number of carbonyl (C=O) groups excluding carboxylic acids is 1. The first-order chi connectivity index (χ1) is 14.0. The van der Waals surface area contributed by atoms with Crippen molar-refractivity contribution in [3.63, 3.8) is 0 Å². The number of benzene rings is 1. The van der Waals surface area contributed by atoms with Gasteiger partial charge in [0, 0.05) is 35.0 Å². The van der Waals surface area contributed by atoms with Crippen LogP contribution in [0.5, 0.6) is 0 Å². The van der Waals surface area contributed by atoms with Gasteiger partial charge in [-0.15, -0.1) is 11.3 Å². The molecule has 0 atom stereocenters. The van der Waals surface area contributed by atoms with Crippen LogP contribution in [-0.2, 0) is 11.3 Å². The third-order valence-corrected chi connectivity index (χ3v) is 6.13. The zero-order valence-corrected chi connectivity index (χ0v) is 17.4. The summed E-state index contributed by atoms with van der Waals surface area (Å²) in [5, 5.41) is 4.88. The van der Waals surface area contributed by atoms with E-state index in [4.69, 9.17) is 4.74 Å². The highest BCUT2D eigenvalue weighted by atomic mass is 32.1. The molecule has 0 aliphatic carbocycles. The molecule has 1 N–H and O–H groups in total. The van der Waals surface area contributed by atoms with Gasteiger partial charge in [0.05, 0.1) is 31.0 Å². The predicted octanol–water partition coefficient (Wildman–Crippen LogP) is 4.44. The molecule has 1 fully saturated rings. The third-order valence-electron chi connectivity index (χ3n) is 5.27. The van der Waals surface area contributed by atoms with Crippen LogP contribution in [0.25, 0.3) is 0 Å². The van der Waals surface area contributed by atoms with E-state index in [1.54, 1.807) is 23.5 Å². The minimum absolute atomic E-state index is 0.228. The minimum atomic E-state index is -0.340. The van der Waals surface area contributed by atoms with Crippen LogP contribution in [0.4, 0.5) is 15.8 Å². The standard InChI is InChI=1S/C22H24FN3O2S/c1-15-12-19(16(2)26(15)14-18-4-3-11-29-18)22(27)24-17-5-6-21(20(23)13-17)25-7-9-28-10-8-25/h3-6,11-13H,7-10,14H2,1-2H3,(H,24,27). The Bertz CT molecular complexity index is 1010. The largest absolute Gasteiger partial charge is 0.378 e. The summed E-state index contributed by atoms with van der Waals surface area (Å²) in [7, 11) is 0. The van der Waals surface area contributed by atoms with Gasteiger partial charge in [0.15, 0.2) is 0 Å². The molecule has 1 aliphatic rings. The molecule has 0 unspecified atom stereocenters. The fourth-order valence-corrected chi connectivity index (χ4v) is 4.37. The van der Waals surface area contributed by atoms with E-state index in [0.717, 1.165) is 17.9 Å². The normalized spacial score (nSPS) is 14.2. The van der Waals surface area contributed by atoms with E-state index in [1.165, 1.54) is 10.9 Å². The van der Waals surface area contributed by atoms with E-state index in [2.05, 4.69) is 16.0 Å². The van der Waals surface area contributed by atoms with Crippen LogP contribution in [0.1, 0.15) is 26.6 Å². The zero-order valence-electron chi connectivity index (χ0n) is 16.6. The Morgan fingerprint density at radius 1 is 1.21 bits per heavy atom. The smallest absolute Gasteiger partial charge is 0.257 e. The zero-order chi connectivity index (χ0) is 20.4. The lowest BCUT2D eigenvalue weighted by Gasteiger charge is -2.29. The lowest BCUT2D eigenvalue weighted by Crippen LogP contribution is -2.36. The molecular formula is C22H24FN3O2S. The van der Waals surface area contributed by atoms with Gasteiger partial charge in [0.2, 0.25) is 0 Å². The van der Waals surface area contributed by atoms with Gasteiger partial charge in [-0.1, -0.05) is 6.07 Å². The molecule has 3 heterocycles. The van der Waals surface area contributed by atoms with Crippen molar-refractivity contribution in [2.45, 2.75) is 20.4 Å². The number of thiophene rings is 1. The molecule has 1 aliphatic heterocycles. The molecule has 0 radical (unpaired) electrons. The second-order valence-electron chi connectivity index (χ2n) is 7.17. The van der Waals surface area contributed by atoms with E-state index in [-0.39, 0.29) is 11.7 Å². The SMILES string of the molecule is Cc1cc(C(=O)Nc2ccc(N3CCOCC3)c(F)c2)c(C)n1Cc1cccs1. The number of hydrogen-bond acceptors (Lipinski definition) is 4. The monoisotopic (exact) mass is 413 g/mol. The van der Waals surface area contributed by atoms with Gasteiger partial charge in [-0.2, -0.15) is 0 Å². The summed E-state index contributed by atoms with van der Waals surface area (Å²) in [6.07, 6.45) is 0. The summed E-state index contributed by atoms with van der Waals surface area (Å²) < 4.78 is 22.1. The van der Waals surface area contributed by atoms with Crippen molar-refractivity contribution >= 4 is 28.6 Å². The number of rotatable bonds is 5. The van der Waals surface area contributed by atoms with E-state index >= 15 is 0 Å². The number of ether oxygens (including phenoxy) is 1. The number of hydrogen-bond donors (Lipinski definition) is 1. The lowest BCUT2D eigenvalue weighted by molar-refractivity contribution is 0.102. The van der Waals surface area contributed by atoms with Gasteiger partial charge in [0.25, 0.3) is 5.91 Å². The first-order valence-corrected chi connectivity index (χ1v) is 10.5. The molecule has 1 amide bonds. The number of halogens is 1. The Hall–Kier alpha value is -2.64. The van der Waals surface area contributed by atoms with Crippen LogP contribution in [0.15, 0.2) is 41.8 Å². The molecule has 152 valence electrons. The maximum Gasteiger partial charge on any atom is 0.257 e. The average Bonchev–Trinajstić information content (AvgIpc) is 3.32. The highest BCUT2D eigenvalue weighted by Crippen LogP contribution is 2.25. The van der Waals surface area contributed by atoms with Crippen molar-refractivity contribution in [3.05, 3.63) is 69.4 Å². The number of anilines is 2. The number of carbonyl (C=O) groups is 1. The van der Waals surface area contributed by atoms with Crippen molar-refractivity contribution in [1.82, 2.24) is 4.57 Å². The van der Waals surface area contributed by atoms with E-state index < -0.39 is 0 Å². The number of nitrogens with zero attached hydrogens (tertiary/aromatic N) is 2. The molecular weight excluding hydrogens is 389 g/mol. The summed E-state index contributed by atoms with van der Waals surface area (Å²) in [5.41, 5.74) is 3.53. The van der Waals surface area contributed by atoms with Crippen LogP contribution in [0, 0.1) is 19.7 Å². The van der Waals surface area contributed by atoms with Crippen LogP contribution in [0.3, 0.4) is 0 Å². The molecule has 4 rings (SSSR count). The lowest BCUT2D eigenvalue weighted by atomic mass is 10.2. The van der Waals surface area contributed by atoms with Crippen LogP contribution < -0.4 is 10.2 Å². The summed E-state index contributed by atoms with van der Waals surface area (Å²) in [6, 6.07) is 10.8. The second kappa shape index (κ2) is 8.39. The molecule has 2 aromatic heterocycles. The van der Waals surface area contributed by atoms with Gasteiger partial charge >= 0.3 is 0 Å². The third kappa shape index (κ3) is 4.21. The highest BCUT2D eigenvalue weighted by Gasteiger charge is 2.18. The van der Waals surface area contributed by atoms with Gasteiger partial charge < -0.3 is 19.5 Å². The Kier molecular flexibility index (Phi) is 5.69. The molecule has 3 aromatic rings. The molecule has 1 aromatic carbocycles. The predicted molar refractivity (Wildman–Crippen MR) is 115 cm³/mol. The number of nitrogens with one attached hydrogen (secondary N) is 1. The maximum atomic E-state index is 14.6. The molecule has 1 saturated heterocycles. The minimum Gasteiger partial charge on any atom is -0.378 e. The molecule has 0 bridgehead atoms. The van der Waals surface area contributed by atoms with Crippen molar-refractivity contribution in [1.29, 1.82) is 0 Å². The maximum absolute atomic E-state index is 14.6.